The SMILES string of the molecule is CC1(CNC(=O)Cc2occc2C(=O)O)CCCC1. The summed E-state index contributed by atoms with van der Waals surface area (Å²) in [5.74, 6) is -1.05. The first-order valence-electron chi connectivity index (χ1n) is 6.57. The van der Waals surface area contributed by atoms with Gasteiger partial charge >= 0.3 is 5.97 Å². The first-order valence-corrected chi connectivity index (χ1v) is 6.57. The predicted molar refractivity (Wildman–Crippen MR) is 69.0 cm³/mol. The molecule has 2 N–H and O–H groups in total. The van der Waals surface area contributed by atoms with Gasteiger partial charge in [0.05, 0.1) is 12.7 Å². The summed E-state index contributed by atoms with van der Waals surface area (Å²) in [4.78, 5) is 22.7. The van der Waals surface area contributed by atoms with Crippen LogP contribution in [0.5, 0.6) is 0 Å². The zero-order valence-corrected chi connectivity index (χ0v) is 11.1. The Kier molecular flexibility index (Phi) is 3.93. The zero-order valence-electron chi connectivity index (χ0n) is 11.1. The molecule has 1 aliphatic carbocycles. The van der Waals surface area contributed by atoms with Crippen LogP contribution >= 0.6 is 0 Å². The van der Waals surface area contributed by atoms with Gasteiger partial charge in [0.2, 0.25) is 5.91 Å². The highest BCUT2D eigenvalue weighted by Gasteiger charge is 2.29. The van der Waals surface area contributed by atoms with E-state index in [1.165, 1.54) is 25.2 Å². The molecule has 0 aromatic carbocycles. The number of carbonyl (C=O) groups excluding carboxylic acids is 1. The van der Waals surface area contributed by atoms with Crippen LogP contribution in [0.15, 0.2) is 16.7 Å². The minimum atomic E-state index is -1.07. The molecular formula is C14H19NO4. The van der Waals surface area contributed by atoms with E-state index in [2.05, 4.69) is 12.2 Å². The Hall–Kier alpha value is -1.78. The van der Waals surface area contributed by atoms with E-state index in [-0.39, 0.29) is 29.1 Å². The Bertz CT molecular complexity index is 472. The van der Waals surface area contributed by atoms with E-state index in [4.69, 9.17) is 9.52 Å². The van der Waals surface area contributed by atoms with Crippen LogP contribution in [0.25, 0.3) is 0 Å². The molecule has 0 atom stereocenters. The molecule has 1 heterocycles. The third kappa shape index (κ3) is 3.36. The van der Waals surface area contributed by atoms with Crippen LogP contribution in [-0.4, -0.2) is 23.5 Å². The molecule has 1 saturated carbocycles. The van der Waals surface area contributed by atoms with Crippen molar-refractivity contribution in [3.8, 4) is 0 Å². The summed E-state index contributed by atoms with van der Waals surface area (Å²) in [6.45, 7) is 2.82. The molecule has 2 rings (SSSR count). The third-order valence-electron chi connectivity index (χ3n) is 3.82. The number of rotatable bonds is 5. The zero-order chi connectivity index (χ0) is 13.9. The van der Waals surface area contributed by atoms with E-state index in [1.807, 2.05) is 0 Å². The van der Waals surface area contributed by atoms with Crippen LogP contribution < -0.4 is 5.32 Å². The van der Waals surface area contributed by atoms with Gasteiger partial charge in [-0.2, -0.15) is 0 Å². The van der Waals surface area contributed by atoms with E-state index in [9.17, 15) is 9.59 Å². The fourth-order valence-electron chi connectivity index (χ4n) is 2.59. The Labute approximate surface area is 112 Å². The summed E-state index contributed by atoms with van der Waals surface area (Å²) in [6.07, 6.45) is 5.97. The van der Waals surface area contributed by atoms with Gasteiger partial charge in [0.15, 0.2) is 0 Å². The van der Waals surface area contributed by atoms with Crippen LogP contribution in [0.2, 0.25) is 0 Å². The molecule has 0 radical (unpaired) electrons. The van der Waals surface area contributed by atoms with Gasteiger partial charge in [-0.15, -0.1) is 0 Å². The van der Waals surface area contributed by atoms with E-state index in [0.717, 1.165) is 12.8 Å². The van der Waals surface area contributed by atoms with Crippen molar-refractivity contribution in [3.63, 3.8) is 0 Å². The molecule has 0 spiro atoms. The van der Waals surface area contributed by atoms with Gasteiger partial charge < -0.3 is 14.8 Å². The minimum absolute atomic E-state index is 0.0231. The molecule has 1 fully saturated rings. The Morgan fingerprint density at radius 1 is 1.42 bits per heavy atom. The van der Waals surface area contributed by atoms with E-state index in [0.29, 0.717) is 6.54 Å². The smallest absolute Gasteiger partial charge is 0.339 e. The first kappa shape index (κ1) is 13.6. The Morgan fingerprint density at radius 2 is 2.11 bits per heavy atom. The highest BCUT2D eigenvalue weighted by atomic mass is 16.4. The predicted octanol–water partition coefficient (Wildman–Crippen LogP) is 2.22. The Balaban J connectivity index is 1.87. The molecule has 104 valence electrons. The van der Waals surface area contributed by atoms with Gasteiger partial charge in [0.1, 0.15) is 11.3 Å². The summed E-state index contributed by atoms with van der Waals surface area (Å²) in [6, 6.07) is 1.36. The van der Waals surface area contributed by atoms with Crippen molar-refractivity contribution in [2.24, 2.45) is 5.41 Å². The standard InChI is InChI=1S/C14H19NO4/c1-14(5-2-3-6-14)9-15-12(16)8-11-10(13(17)18)4-7-19-11/h4,7H,2-3,5-6,8-9H2,1H3,(H,15,16)(H,17,18). The Morgan fingerprint density at radius 3 is 2.74 bits per heavy atom. The fraction of sp³-hybridized carbons (Fsp3) is 0.571. The summed E-state index contributed by atoms with van der Waals surface area (Å²) in [5.41, 5.74) is 0.247. The molecular weight excluding hydrogens is 246 g/mol. The largest absolute Gasteiger partial charge is 0.478 e. The van der Waals surface area contributed by atoms with Gasteiger partial charge in [0.25, 0.3) is 0 Å². The lowest BCUT2D eigenvalue weighted by Gasteiger charge is -2.23. The lowest BCUT2D eigenvalue weighted by atomic mass is 9.89. The van der Waals surface area contributed by atoms with Gasteiger partial charge in [-0.25, -0.2) is 4.79 Å². The number of aromatic carboxylic acids is 1. The molecule has 0 saturated heterocycles. The highest BCUT2D eigenvalue weighted by molar-refractivity contribution is 5.90. The number of carbonyl (C=O) groups is 2. The van der Waals surface area contributed by atoms with Gasteiger partial charge in [-0.1, -0.05) is 19.8 Å². The van der Waals surface area contributed by atoms with E-state index < -0.39 is 5.97 Å². The molecule has 1 amide bonds. The monoisotopic (exact) mass is 265 g/mol. The second kappa shape index (κ2) is 5.47. The molecule has 0 aliphatic heterocycles. The van der Waals surface area contributed by atoms with Crippen molar-refractivity contribution in [1.82, 2.24) is 5.32 Å². The van der Waals surface area contributed by atoms with Gasteiger partial charge in [-0.05, 0) is 24.3 Å². The molecule has 1 aromatic heterocycles. The number of furan rings is 1. The topological polar surface area (TPSA) is 79.5 Å². The lowest BCUT2D eigenvalue weighted by Crippen LogP contribution is -2.35. The molecule has 0 unspecified atom stereocenters. The van der Waals surface area contributed by atoms with Crippen LogP contribution in [0.1, 0.15) is 48.7 Å². The molecule has 5 heteroatoms. The van der Waals surface area contributed by atoms with Crippen molar-refractivity contribution in [2.75, 3.05) is 6.54 Å². The van der Waals surface area contributed by atoms with Crippen molar-refractivity contribution >= 4 is 11.9 Å². The highest BCUT2D eigenvalue weighted by Crippen LogP contribution is 2.36. The quantitative estimate of drug-likeness (QED) is 0.855. The molecule has 5 nitrogen and oxygen atoms in total. The van der Waals surface area contributed by atoms with E-state index in [1.54, 1.807) is 0 Å². The fourth-order valence-corrected chi connectivity index (χ4v) is 2.59. The summed E-state index contributed by atoms with van der Waals surface area (Å²) in [5, 5.41) is 11.8. The average Bonchev–Trinajstić information content (AvgIpc) is 2.96. The molecule has 0 bridgehead atoms. The lowest BCUT2D eigenvalue weighted by molar-refractivity contribution is -0.121. The van der Waals surface area contributed by atoms with Crippen molar-refractivity contribution in [2.45, 2.75) is 39.0 Å². The van der Waals surface area contributed by atoms with Crippen molar-refractivity contribution in [3.05, 3.63) is 23.7 Å². The van der Waals surface area contributed by atoms with Crippen LogP contribution in [0.3, 0.4) is 0 Å². The maximum Gasteiger partial charge on any atom is 0.339 e. The average molecular weight is 265 g/mol. The molecule has 19 heavy (non-hydrogen) atoms. The summed E-state index contributed by atoms with van der Waals surface area (Å²) in [7, 11) is 0. The maximum absolute atomic E-state index is 11.8. The van der Waals surface area contributed by atoms with Crippen LogP contribution in [0, 0.1) is 5.41 Å². The molecule has 1 aromatic rings. The van der Waals surface area contributed by atoms with Crippen LogP contribution in [-0.2, 0) is 11.2 Å². The second-order valence-corrected chi connectivity index (χ2v) is 5.53. The third-order valence-corrected chi connectivity index (χ3v) is 3.82. The number of carboxylic acid groups (broad SMARTS) is 1. The number of hydrogen-bond acceptors (Lipinski definition) is 3. The normalized spacial score (nSPS) is 17.3. The minimum Gasteiger partial charge on any atom is -0.478 e. The second-order valence-electron chi connectivity index (χ2n) is 5.53. The summed E-state index contributed by atoms with van der Waals surface area (Å²) < 4.78 is 5.05. The van der Waals surface area contributed by atoms with Crippen molar-refractivity contribution < 1.29 is 19.1 Å². The van der Waals surface area contributed by atoms with Gasteiger partial charge in [-0.3, -0.25) is 4.79 Å². The maximum atomic E-state index is 11.8. The van der Waals surface area contributed by atoms with Crippen molar-refractivity contribution in [1.29, 1.82) is 0 Å². The number of amides is 1. The number of nitrogens with one attached hydrogen (secondary N) is 1. The van der Waals surface area contributed by atoms with Gasteiger partial charge in [0, 0.05) is 6.54 Å². The van der Waals surface area contributed by atoms with E-state index >= 15 is 0 Å². The summed E-state index contributed by atoms with van der Waals surface area (Å²) >= 11 is 0. The number of hydrogen-bond donors (Lipinski definition) is 2. The first-order chi connectivity index (χ1) is 9.00. The van der Waals surface area contributed by atoms with Crippen LogP contribution in [0.4, 0.5) is 0 Å². The number of carboxylic acids is 1. The molecule has 1 aliphatic rings.